The molecule has 0 fully saturated rings. The first-order valence-corrected chi connectivity index (χ1v) is 4.38. The Morgan fingerprint density at radius 1 is 1.56 bits per heavy atom. The van der Waals surface area contributed by atoms with E-state index < -0.39 is 0 Å². The minimum absolute atomic E-state index is 0.619. The van der Waals surface area contributed by atoms with Gasteiger partial charge in [0.2, 0.25) is 0 Å². The summed E-state index contributed by atoms with van der Waals surface area (Å²) >= 11 is 2.00. The van der Waals surface area contributed by atoms with Gasteiger partial charge >= 0.3 is 0 Å². The number of thioether (sulfide) groups is 1. The molecule has 2 atom stereocenters. The van der Waals surface area contributed by atoms with E-state index >= 15 is 0 Å². The van der Waals surface area contributed by atoms with Crippen LogP contribution in [0.1, 0.15) is 13.8 Å². The van der Waals surface area contributed by atoms with Gasteiger partial charge in [-0.05, 0) is 13.1 Å². The fraction of sp³-hybridized carbons (Fsp3) is 0.714. The van der Waals surface area contributed by atoms with Crippen molar-refractivity contribution in [1.29, 1.82) is 0 Å². The Bertz CT molecular complexity index is 111. The quantitative estimate of drug-likeness (QED) is 0.553. The van der Waals surface area contributed by atoms with Gasteiger partial charge in [0.1, 0.15) is 0 Å². The first-order valence-electron chi connectivity index (χ1n) is 3.33. The molecule has 0 radical (unpaired) electrons. The maximum Gasteiger partial charge on any atom is 0.0343 e. The van der Waals surface area contributed by atoms with Crippen molar-refractivity contribution in [1.82, 2.24) is 5.32 Å². The molecule has 0 aromatic rings. The lowest BCUT2D eigenvalue weighted by molar-refractivity contribution is 0.635. The zero-order chi connectivity index (χ0) is 6.69. The Morgan fingerprint density at radius 2 is 2.33 bits per heavy atom. The van der Waals surface area contributed by atoms with Gasteiger partial charge in [-0.2, -0.15) is 11.8 Å². The second-order valence-electron chi connectivity index (χ2n) is 2.40. The van der Waals surface area contributed by atoms with Crippen LogP contribution in [-0.4, -0.2) is 17.0 Å². The van der Waals surface area contributed by atoms with Gasteiger partial charge in [-0.3, -0.25) is 0 Å². The molecule has 0 aromatic carbocycles. The van der Waals surface area contributed by atoms with Crippen LogP contribution in [0.2, 0.25) is 0 Å². The van der Waals surface area contributed by atoms with Gasteiger partial charge < -0.3 is 5.32 Å². The summed E-state index contributed by atoms with van der Waals surface area (Å²) in [7, 11) is 0. The van der Waals surface area contributed by atoms with E-state index in [2.05, 4.69) is 31.4 Å². The SMILES string of the molecule is CC1NC=CCSC1C. The summed E-state index contributed by atoms with van der Waals surface area (Å²) in [5, 5.41) is 4.03. The molecule has 52 valence electrons. The minimum Gasteiger partial charge on any atom is -0.388 e. The van der Waals surface area contributed by atoms with E-state index in [0.717, 1.165) is 11.0 Å². The van der Waals surface area contributed by atoms with Crippen LogP contribution in [0.3, 0.4) is 0 Å². The molecule has 2 unspecified atom stereocenters. The standard InChI is InChI=1S/C7H13NS/c1-6-7(2)9-5-3-4-8-6/h3-4,6-8H,5H2,1-2H3. The highest BCUT2D eigenvalue weighted by Gasteiger charge is 2.11. The fourth-order valence-electron chi connectivity index (χ4n) is 0.755. The first-order chi connectivity index (χ1) is 4.30. The molecule has 1 aliphatic rings. The summed E-state index contributed by atoms with van der Waals surface area (Å²) < 4.78 is 0. The fourth-order valence-corrected chi connectivity index (χ4v) is 1.63. The molecule has 0 spiro atoms. The van der Waals surface area contributed by atoms with Crippen LogP contribution in [0.5, 0.6) is 0 Å². The number of nitrogens with one attached hydrogen (secondary N) is 1. The van der Waals surface area contributed by atoms with E-state index in [1.54, 1.807) is 0 Å². The lowest BCUT2D eigenvalue weighted by atomic mass is 10.2. The second-order valence-corrected chi connectivity index (χ2v) is 3.81. The summed E-state index contributed by atoms with van der Waals surface area (Å²) in [6.07, 6.45) is 4.23. The Kier molecular flexibility index (Phi) is 2.46. The smallest absolute Gasteiger partial charge is 0.0343 e. The molecule has 1 N–H and O–H groups in total. The van der Waals surface area contributed by atoms with Gasteiger partial charge in [0.15, 0.2) is 0 Å². The Balaban J connectivity index is 2.42. The van der Waals surface area contributed by atoms with Gasteiger partial charge in [-0.15, -0.1) is 0 Å². The van der Waals surface area contributed by atoms with Crippen LogP contribution >= 0.6 is 11.8 Å². The number of hydrogen-bond acceptors (Lipinski definition) is 2. The molecular weight excluding hydrogens is 130 g/mol. The van der Waals surface area contributed by atoms with Crippen molar-refractivity contribution in [3.8, 4) is 0 Å². The molecule has 1 aliphatic heterocycles. The average Bonchev–Trinajstić information content (AvgIpc) is 1.99. The van der Waals surface area contributed by atoms with Crippen molar-refractivity contribution >= 4 is 11.8 Å². The predicted octanol–water partition coefficient (Wildman–Crippen LogP) is 1.61. The molecule has 0 bridgehead atoms. The van der Waals surface area contributed by atoms with E-state index in [1.807, 2.05) is 11.8 Å². The molecule has 2 heteroatoms. The third-order valence-corrected chi connectivity index (χ3v) is 2.96. The summed E-state index contributed by atoms with van der Waals surface area (Å²) in [4.78, 5) is 0. The summed E-state index contributed by atoms with van der Waals surface area (Å²) in [5.74, 6) is 1.15. The van der Waals surface area contributed by atoms with Gasteiger partial charge in [0, 0.05) is 17.0 Å². The lowest BCUT2D eigenvalue weighted by Gasteiger charge is -2.15. The van der Waals surface area contributed by atoms with Gasteiger partial charge in [-0.25, -0.2) is 0 Å². The van der Waals surface area contributed by atoms with E-state index in [9.17, 15) is 0 Å². The maximum absolute atomic E-state index is 3.29. The highest BCUT2D eigenvalue weighted by atomic mass is 32.2. The molecule has 0 amide bonds. The van der Waals surface area contributed by atoms with Crippen LogP contribution in [0.25, 0.3) is 0 Å². The van der Waals surface area contributed by atoms with Gasteiger partial charge in [0.25, 0.3) is 0 Å². The molecule has 0 aliphatic carbocycles. The minimum atomic E-state index is 0.619. The van der Waals surface area contributed by atoms with Gasteiger partial charge in [0.05, 0.1) is 0 Å². The molecule has 1 rings (SSSR count). The highest BCUT2D eigenvalue weighted by molar-refractivity contribution is 8.00. The lowest BCUT2D eigenvalue weighted by Crippen LogP contribution is -2.28. The number of rotatable bonds is 0. The van der Waals surface area contributed by atoms with Crippen LogP contribution in [-0.2, 0) is 0 Å². The maximum atomic E-state index is 3.29. The average molecular weight is 143 g/mol. The second kappa shape index (κ2) is 3.16. The van der Waals surface area contributed by atoms with E-state index in [0.29, 0.717) is 6.04 Å². The number of hydrogen-bond donors (Lipinski definition) is 1. The van der Waals surface area contributed by atoms with Crippen molar-refractivity contribution in [3.05, 3.63) is 12.3 Å². The topological polar surface area (TPSA) is 12.0 Å². The van der Waals surface area contributed by atoms with E-state index in [1.165, 1.54) is 0 Å². The molecule has 0 saturated heterocycles. The third kappa shape index (κ3) is 1.94. The van der Waals surface area contributed by atoms with Crippen LogP contribution in [0.4, 0.5) is 0 Å². The van der Waals surface area contributed by atoms with Crippen molar-refractivity contribution < 1.29 is 0 Å². The predicted molar refractivity (Wildman–Crippen MR) is 43.7 cm³/mol. The van der Waals surface area contributed by atoms with Crippen LogP contribution in [0.15, 0.2) is 12.3 Å². The molecular formula is C7H13NS. The summed E-state index contributed by atoms with van der Waals surface area (Å²) in [5.41, 5.74) is 0. The molecule has 1 heterocycles. The first kappa shape index (κ1) is 7.00. The van der Waals surface area contributed by atoms with Crippen molar-refractivity contribution in [2.24, 2.45) is 0 Å². The molecule has 0 aromatic heterocycles. The summed E-state index contributed by atoms with van der Waals surface area (Å²) in [6.45, 7) is 4.47. The summed E-state index contributed by atoms with van der Waals surface area (Å²) in [6, 6.07) is 0.619. The Hall–Kier alpha value is -0.110. The van der Waals surface area contributed by atoms with Crippen molar-refractivity contribution in [2.45, 2.75) is 25.1 Å². The molecule has 9 heavy (non-hydrogen) atoms. The van der Waals surface area contributed by atoms with E-state index in [-0.39, 0.29) is 0 Å². The third-order valence-electron chi connectivity index (χ3n) is 1.64. The zero-order valence-electron chi connectivity index (χ0n) is 5.92. The Labute approximate surface area is 60.9 Å². The van der Waals surface area contributed by atoms with Crippen LogP contribution < -0.4 is 5.32 Å². The van der Waals surface area contributed by atoms with Gasteiger partial charge in [-0.1, -0.05) is 13.0 Å². The van der Waals surface area contributed by atoms with E-state index in [4.69, 9.17) is 0 Å². The largest absolute Gasteiger partial charge is 0.388 e. The van der Waals surface area contributed by atoms with Crippen molar-refractivity contribution in [2.75, 3.05) is 5.75 Å². The van der Waals surface area contributed by atoms with Crippen molar-refractivity contribution in [3.63, 3.8) is 0 Å². The molecule has 1 nitrogen and oxygen atoms in total. The normalized spacial score (nSPS) is 35.3. The van der Waals surface area contributed by atoms with Crippen LogP contribution in [0, 0.1) is 0 Å². The Morgan fingerprint density at radius 3 is 3.11 bits per heavy atom. The molecule has 0 saturated carbocycles. The monoisotopic (exact) mass is 143 g/mol. The highest BCUT2D eigenvalue weighted by Crippen LogP contribution is 2.15. The zero-order valence-corrected chi connectivity index (χ0v) is 6.74.